The van der Waals surface area contributed by atoms with Crippen LogP contribution in [0.1, 0.15) is 19.4 Å². The van der Waals surface area contributed by atoms with Gasteiger partial charge in [-0.05, 0) is 61.9 Å². The second-order valence-electron chi connectivity index (χ2n) is 8.48. The van der Waals surface area contributed by atoms with E-state index >= 15 is 0 Å². The molecule has 12 heteroatoms. The van der Waals surface area contributed by atoms with Gasteiger partial charge in [-0.2, -0.15) is 0 Å². The lowest BCUT2D eigenvalue weighted by molar-refractivity contribution is -0.139. The molecule has 0 aliphatic rings. The van der Waals surface area contributed by atoms with Crippen molar-refractivity contribution in [1.82, 2.24) is 10.2 Å². The van der Waals surface area contributed by atoms with Crippen molar-refractivity contribution >= 4 is 62.3 Å². The lowest BCUT2D eigenvalue weighted by Gasteiger charge is -2.32. The second-order valence-corrected chi connectivity index (χ2v) is 11.6. The number of halogens is 3. The Labute approximate surface area is 243 Å². The van der Waals surface area contributed by atoms with Crippen molar-refractivity contribution in [2.45, 2.75) is 31.3 Å². The van der Waals surface area contributed by atoms with E-state index in [0.717, 1.165) is 4.31 Å². The monoisotopic (exact) mass is 611 g/mol. The van der Waals surface area contributed by atoms with E-state index in [9.17, 15) is 18.0 Å². The normalized spacial score (nSPS) is 11.9. The summed E-state index contributed by atoms with van der Waals surface area (Å²) in [5, 5.41) is 3.50. The first-order chi connectivity index (χ1) is 18.5. The predicted molar refractivity (Wildman–Crippen MR) is 154 cm³/mol. The fourth-order valence-corrected chi connectivity index (χ4v) is 5.80. The lowest BCUT2D eigenvalue weighted by Crippen LogP contribution is -2.51. The molecule has 3 aromatic rings. The smallest absolute Gasteiger partial charge is 0.264 e. The Balaban J connectivity index is 2.06. The van der Waals surface area contributed by atoms with Crippen molar-refractivity contribution in [3.63, 3.8) is 0 Å². The van der Waals surface area contributed by atoms with Gasteiger partial charge in [-0.1, -0.05) is 59.1 Å². The van der Waals surface area contributed by atoms with Gasteiger partial charge in [0.05, 0.1) is 32.8 Å². The summed E-state index contributed by atoms with van der Waals surface area (Å²) in [6.07, 6.45) is 0. The number of sulfonamides is 1. The summed E-state index contributed by atoms with van der Waals surface area (Å²) in [5.41, 5.74) is 0.761. The quantitative estimate of drug-likeness (QED) is 0.313. The summed E-state index contributed by atoms with van der Waals surface area (Å²) < 4.78 is 33.7. The van der Waals surface area contributed by atoms with Gasteiger partial charge in [0.15, 0.2) is 0 Å². The van der Waals surface area contributed by atoms with Gasteiger partial charge >= 0.3 is 0 Å². The van der Waals surface area contributed by atoms with Crippen LogP contribution in [0.3, 0.4) is 0 Å². The molecule has 0 saturated carbocycles. The number of carbonyl (C=O) groups excluding carboxylic acids is 2. The number of benzene rings is 3. The first-order valence-corrected chi connectivity index (χ1v) is 14.5. The van der Waals surface area contributed by atoms with Crippen LogP contribution in [-0.2, 0) is 26.2 Å². The van der Waals surface area contributed by atoms with Crippen LogP contribution in [0.2, 0.25) is 15.1 Å². The first kappa shape index (κ1) is 30.6. The zero-order valence-corrected chi connectivity index (χ0v) is 24.6. The summed E-state index contributed by atoms with van der Waals surface area (Å²) in [6.45, 7) is 3.07. The molecule has 0 aliphatic carbocycles. The van der Waals surface area contributed by atoms with Crippen molar-refractivity contribution in [2.24, 2.45) is 0 Å². The molecule has 1 N–H and O–H groups in total. The fourth-order valence-electron chi connectivity index (χ4n) is 3.80. The maximum atomic E-state index is 13.8. The lowest BCUT2D eigenvalue weighted by atomic mass is 10.1. The molecule has 0 spiro atoms. The van der Waals surface area contributed by atoms with Gasteiger partial charge in [0, 0.05) is 13.1 Å². The van der Waals surface area contributed by atoms with E-state index in [-0.39, 0.29) is 27.2 Å². The van der Waals surface area contributed by atoms with Crippen LogP contribution in [-0.4, -0.2) is 51.4 Å². The third-order valence-electron chi connectivity index (χ3n) is 5.89. The molecule has 3 aromatic carbocycles. The van der Waals surface area contributed by atoms with E-state index in [1.807, 2.05) is 0 Å². The summed E-state index contributed by atoms with van der Waals surface area (Å²) >= 11 is 18.5. The zero-order chi connectivity index (χ0) is 28.7. The highest BCUT2D eigenvalue weighted by atomic mass is 35.5. The van der Waals surface area contributed by atoms with Crippen LogP contribution in [0.15, 0.2) is 71.6 Å². The number of likely N-dealkylation sites (N-methyl/N-ethyl adjacent to an activating group) is 1. The molecule has 0 aliphatic heterocycles. The minimum atomic E-state index is -4.21. The van der Waals surface area contributed by atoms with E-state index in [4.69, 9.17) is 39.5 Å². The number of carbonyl (C=O) groups is 2. The number of rotatable bonds is 11. The van der Waals surface area contributed by atoms with E-state index in [0.29, 0.717) is 22.9 Å². The molecule has 8 nitrogen and oxygen atoms in total. The first-order valence-electron chi connectivity index (χ1n) is 11.9. The Morgan fingerprint density at radius 3 is 2.23 bits per heavy atom. The molecule has 0 unspecified atom stereocenters. The maximum absolute atomic E-state index is 13.8. The molecule has 0 radical (unpaired) electrons. The van der Waals surface area contributed by atoms with Gasteiger partial charge < -0.3 is 15.0 Å². The highest BCUT2D eigenvalue weighted by Gasteiger charge is 2.32. The Morgan fingerprint density at radius 2 is 1.64 bits per heavy atom. The number of nitrogens with zero attached hydrogens (tertiary/aromatic N) is 2. The van der Waals surface area contributed by atoms with Crippen LogP contribution < -0.4 is 14.4 Å². The number of anilines is 1. The Kier molecular flexibility index (Phi) is 10.5. The van der Waals surface area contributed by atoms with E-state index in [2.05, 4.69) is 5.32 Å². The molecule has 208 valence electrons. The topological polar surface area (TPSA) is 96.0 Å². The fraction of sp³-hybridized carbons (Fsp3) is 0.259. The SMILES string of the molecule is CCNC(=O)[C@@H](C)N(Cc1ccc(Cl)c(Cl)c1)C(=O)CN(c1ccc(OC)c(Cl)c1)S(=O)(=O)c1ccccc1. The van der Waals surface area contributed by atoms with Crippen molar-refractivity contribution < 1.29 is 22.7 Å². The van der Waals surface area contributed by atoms with E-state index in [1.54, 1.807) is 50.2 Å². The molecule has 0 bridgehead atoms. The number of methoxy groups -OCH3 is 1. The number of hydrogen-bond donors (Lipinski definition) is 1. The van der Waals surface area contributed by atoms with Gasteiger partial charge in [0.2, 0.25) is 11.8 Å². The predicted octanol–water partition coefficient (Wildman–Crippen LogP) is 5.40. The van der Waals surface area contributed by atoms with Gasteiger partial charge in [0.1, 0.15) is 18.3 Å². The molecule has 39 heavy (non-hydrogen) atoms. The summed E-state index contributed by atoms with van der Waals surface area (Å²) in [7, 11) is -2.78. The zero-order valence-electron chi connectivity index (χ0n) is 21.5. The largest absolute Gasteiger partial charge is 0.495 e. The minimum Gasteiger partial charge on any atom is -0.495 e. The second kappa shape index (κ2) is 13.4. The molecule has 3 rings (SSSR count). The standard InChI is InChI=1S/C27H28Cl3N3O5S/c1-4-31-27(35)18(2)32(16-19-10-12-22(28)23(29)14-19)26(34)17-33(20-11-13-25(38-3)24(30)15-20)39(36,37)21-8-6-5-7-9-21/h5-15,18H,4,16-17H2,1-3H3,(H,31,35)/t18-/m1/s1. The Bertz CT molecular complexity index is 1440. The van der Waals surface area contributed by atoms with Crippen LogP contribution in [0, 0.1) is 0 Å². The van der Waals surface area contributed by atoms with E-state index < -0.39 is 34.4 Å². The molecule has 0 heterocycles. The molecule has 0 saturated heterocycles. The molecule has 1 atom stereocenters. The van der Waals surface area contributed by atoms with Crippen LogP contribution in [0.4, 0.5) is 5.69 Å². The molecular weight excluding hydrogens is 585 g/mol. The van der Waals surface area contributed by atoms with Gasteiger partial charge in [-0.3, -0.25) is 13.9 Å². The third kappa shape index (κ3) is 7.36. The number of nitrogens with one attached hydrogen (secondary N) is 1. The van der Waals surface area contributed by atoms with Gasteiger partial charge in [0.25, 0.3) is 10.0 Å². The van der Waals surface area contributed by atoms with E-state index in [1.165, 1.54) is 42.3 Å². The van der Waals surface area contributed by atoms with Gasteiger partial charge in [-0.15, -0.1) is 0 Å². The van der Waals surface area contributed by atoms with Crippen LogP contribution >= 0.6 is 34.8 Å². The minimum absolute atomic E-state index is 0.0162. The number of hydrogen-bond acceptors (Lipinski definition) is 5. The van der Waals surface area contributed by atoms with Crippen LogP contribution in [0.25, 0.3) is 0 Å². The van der Waals surface area contributed by atoms with Crippen molar-refractivity contribution in [3.05, 3.63) is 87.4 Å². The molecular formula is C27H28Cl3N3O5S. The van der Waals surface area contributed by atoms with Crippen molar-refractivity contribution in [3.8, 4) is 5.75 Å². The average Bonchev–Trinajstić information content (AvgIpc) is 2.92. The van der Waals surface area contributed by atoms with Crippen molar-refractivity contribution in [2.75, 3.05) is 24.5 Å². The summed E-state index contributed by atoms with van der Waals surface area (Å²) in [4.78, 5) is 27.9. The molecule has 2 amide bonds. The average molecular weight is 613 g/mol. The van der Waals surface area contributed by atoms with Gasteiger partial charge in [-0.25, -0.2) is 8.42 Å². The summed E-state index contributed by atoms with van der Waals surface area (Å²) in [6, 6.07) is 16.1. The van der Waals surface area contributed by atoms with Crippen LogP contribution in [0.5, 0.6) is 5.75 Å². The number of amides is 2. The molecule has 0 fully saturated rings. The summed E-state index contributed by atoms with van der Waals surface area (Å²) in [5.74, 6) is -0.669. The number of ether oxygens (including phenoxy) is 1. The van der Waals surface area contributed by atoms with Crippen molar-refractivity contribution in [1.29, 1.82) is 0 Å². The maximum Gasteiger partial charge on any atom is 0.264 e. The third-order valence-corrected chi connectivity index (χ3v) is 8.71. The highest BCUT2D eigenvalue weighted by molar-refractivity contribution is 7.92. The highest BCUT2D eigenvalue weighted by Crippen LogP contribution is 2.32. The molecule has 0 aromatic heterocycles. The Morgan fingerprint density at radius 1 is 0.949 bits per heavy atom. The Hall–Kier alpha value is -2.98.